The van der Waals surface area contributed by atoms with Crippen LogP contribution in [0.25, 0.3) is 5.76 Å². The highest BCUT2D eigenvalue weighted by Crippen LogP contribution is 2.37. The predicted molar refractivity (Wildman–Crippen MR) is 107 cm³/mol. The van der Waals surface area contributed by atoms with Crippen LogP contribution in [0.2, 0.25) is 0 Å². The normalized spacial score (nSPS) is 24.1. The molecule has 2 aliphatic carbocycles. The molecule has 30 heavy (non-hydrogen) atoms. The van der Waals surface area contributed by atoms with E-state index in [-0.39, 0.29) is 18.5 Å². The van der Waals surface area contributed by atoms with Gasteiger partial charge in [0.25, 0.3) is 0 Å². The van der Waals surface area contributed by atoms with E-state index in [1.54, 1.807) is 0 Å². The van der Waals surface area contributed by atoms with Crippen molar-refractivity contribution in [2.24, 2.45) is 0 Å². The summed E-state index contributed by atoms with van der Waals surface area (Å²) in [7, 11) is 0. The fourth-order valence-electron chi connectivity index (χ4n) is 5.16. The van der Waals surface area contributed by atoms with Crippen LogP contribution >= 0.6 is 0 Å². The first-order chi connectivity index (χ1) is 14.7. The molecular weight excluding hydrogens is 384 g/mol. The van der Waals surface area contributed by atoms with Crippen molar-refractivity contribution in [3.05, 3.63) is 34.2 Å². The molecule has 0 radical (unpaired) electrons. The van der Waals surface area contributed by atoms with Gasteiger partial charge in [0, 0.05) is 50.7 Å². The van der Waals surface area contributed by atoms with Gasteiger partial charge in [-0.05, 0) is 24.5 Å². The topological polar surface area (TPSA) is 75.2 Å². The fourth-order valence-corrected chi connectivity index (χ4v) is 5.16. The highest BCUT2D eigenvalue weighted by atomic mass is 16.5. The molecule has 1 saturated carbocycles. The summed E-state index contributed by atoms with van der Waals surface area (Å²) in [4.78, 5) is 35.9. The van der Waals surface area contributed by atoms with Gasteiger partial charge in [-0.2, -0.15) is 0 Å². The van der Waals surface area contributed by atoms with E-state index in [0.717, 1.165) is 54.8 Å². The molecule has 1 amide bonds. The Labute approximate surface area is 175 Å². The summed E-state index contributed by atoms with van der Waals surface area (Å²) < 4.78 is 11.1. The van der Waals surface area contributed by atoms with Gasteiger partial charge in [-0.3, -0.25) is 19.6 Å². The highest BCUT2D eigenvalue weighted by Gasteiger charge is 2.35. The molecule has 8 nitrogen and oxygen atoms in total. The van der Waals surface area contributed by atoms with Gasteiger partial charge in [-0.15, -0.1) is 0 Å². The quantitative estimate of drug-likeness (QED) is 0.689. The summed E-state index contributed by atoms with van der Waals surface area (Å²) >= 11 is 0. The summed E-state index contributed by atoms with van der Waals surface area (Å²) in [5.74, 6) is 0.707. The highest BCUT2D eigenvalue weighted by molar-refractivity contribution is 5.94. The number of fused-ring (bicyclic) bond motifs is 3. The van der Waals surface area contributed by atoms with Crippen LogP contribution in [0.1, 0.15) is 46.6 Å². The third kappa shape index (κ3) is 3.01. The van der Waals surface area contributed by atoms with Crippen molar-refractivity contribution in [1.82, 2.24) is 19.7 Å². The Morgan fingerprint density at radius 2 is 1.93 bits per heavy atom. The molecule has 0 atom stereocenters. The predicted octanol–water partition coefficient (Wildman–Crippen LogP) is 1.01. The molecule has 1 aromatic rings. The van der Waals surface area contributed by atoms with Crippen molar-refractivity contribution in [3.63, 3.8) is 0 Å². The van der Waals surface area contributed by atoms with Crippen molar-refractivity contribution in [2.75, 3.05) is 46.0 Å². The Bertz CT molecular complexity index is 947. The molecule has 3 aliphatic heterocycles. The van der Waals surface area contributed by atoms with E-state index in [1.165, 1.54) is 19.3 Å². The summed E-state index contributed by atoms with van der Waals surface area (Å²) in [5.41, 5.74) is 4.25. The maximum atomic E-state index is 12.8. The Hall–Kier alpha value is -2.45. The number of esters is 1. The maximum absolute atomic E-state index is 12.8. The second-order valence-corrected chi connectivity index (χ2v) is 8.92. The molecule has 6 rings (SSSR count). The van der Waals surface area contributed by atoms with Gasteiger partial charge in [0.1, 0.15) is 19.1 Å². The van der Waals surface area contributed by atoms with Crippen LogP contribution in [0.3, 0.4) is 0 Å². The maximum Gasteiger partial charge on any atom is 0.340 e. The lowest BCUT2D eigenvalue weighted by molar-refractivity contribution is -0.135. The SMILES string of the molecule is O=C1OCc2nc3c(cc21)C1=C(C3)CN(CC(=O)N2CCN(C3CCC3)CC2)CO1. The Morgan fingerprint density at radius 1 is 1.10 bits per heavy atom. The summed E-state index contributed by atoms with van der Waals surface area (Å²) in [6.07, 6.45) is 4.69. The van der Waals surface area contributed by atoms with Crippen molar-refractivity contribution >= 4 is 17.6 Å². The summed E-state index contributed by atoms with van der Waals surface area (Å²) in [5, 5.41) is 0. The van der Waals surface area contributed by atoms with Crippen LogP contribution in [-0.2, 0) is 27.3 Å². The molecule has 0 unspecified atom stereocenters. The number of pyridine rings is 1. The van der Waals surface area contributed by atoms with E-state index in [1.807, 2.05) is 11.0 Å². The zero-order chi connectivity index (χ0) is 20.2. The molecule has 2 fully saturated rings. The minimum Gasteiger partial charge on any atom is -0.477 e. The first kappa shape index (κ1) is 18.3. The van der Waals surface area contributed by atoms with Crippen molar-refractivity contribution in [3.8, 4) is 0 Å². The van der Waals surface area contributed by atoms with Crippen molar-refractivity contribution < 1.29 is 19.1 Å². The zero-order valence-electron chi connectivity index (χ0n) is 17.1. The zero-order valence-corrected chi connectivity index (χ0v) is 17.1. The lowest BCUT2D eigenvalue weighted by Crippen LogP contribution is -2.55. The van der Waals surface area contributed by atoms with Gasteiger partial charge in [0.2, 0.25) is 5.91 Å². The minimum atomic E-state index is -0.310. The largest absolute Gasteiger partial charge is 0.477 e. The molecule has 8 heteroatoms. The number of carbonyl (C=O) groups excluding carboxylic acids is 2. The summed E-state index contributed by atoms with van der Waals surface area (Å²) in [6, 6.07) is 2.61. The van der Waals surface area contributed by atoms with Gasteiger partial charge in [0.15, 0.2) is 0 Å². The molecule has 4 heterocycles. The second-order valence-electron chi connectivity index (χ2n) is 8.92. The van der Waals surface area contributed by atoms with Crippen molar-refractivity contribution in [2.45, 2.75) is 38.3 Å². The van der Waals surface area contributed by atoms with E-state index in [9.17, 15) is 9.59 Å². The number of ether oxygens (including phenoxy) is 2. The summed E-state index contributed by atoms with van der Waals surface area (Å²) in [6.45, 7) is 5.37. The molecule has 0 N–H and O–H groups in total. The molecular formula is C22H26N4O4. The number of aromatic nitrogens is 1. The number of cyclic esters (lactones) is 1. The second kappa shape index (κ2) is 7.06. The fraction of sp³-hybridized carbons (Fsp3) is 0.591. The number of hydrogen-bond donors (Lipinski definition) is 0. The molecule has 158 valence electrons. The van der Waals surface area contributed by atoms with E-state index < -0.39 is 0 Å². The first-order valence-electron chi connectivity index (χ1n) is 10.9. The van der Waals surface area contributed by atoms with Crippen LogP contribution in [0, 0.1) is 0 Å². The molecule has 0 bridgehead atoms. The molecule has 5 aliphatic rings. The number of piperazine rings is 1. The van der Waals surface area contributed by atoms with Crippen LogP contribution in [-0.4, -0.2) is 83.6 Å². The molecule has 0 spiro atoms. The average Bonchev–Trinajstić information content (AvgIpc) is 3.25. The van der Waals surface area contributed by atoms with E-state index in [0.29, 0.717) is 37.5 Å². The number of rotatable bonds is 3. The van der Waals surface area contributed by atoms with Crippen LogP contribution < -0.4 is 0 Å². The number of carbonyl (C=O) groups is 2. The standard InChI is InChI=1S/C22H26N4O4/c27-20(26-6-4-25(5-7-26)15-2-1-3-15)11-24-10-14-8-18-16(21(14)30-13-24)9-17-19(23-18)12-29-22(17)28/h9,15H,1-8,10-13H2. The van der Waals surface area contributed by atoms with Crippen LogP contribution in [0.4, 0.5) is 0 Å². The lowest BCUT2D eigenvalue weighted by atomic mass is 9.91. The van der Waals surface area contributed by atoms with E-state index in [2.05, 4.69) is 14.8 Å². The monoisotopic (exact) mass is 410 g/mol. The number of amides is 1. The van der Waals surface area contributed by atoms with Crippen LogP contribution in [0.15, 0.2) is 11.6 Å². The lowest BCUT2D eigenvalue weighted by Gasteiger charge is -2.43. The Balaban J connectivity index is 1.08. The number of nitrogens with zero attached hydrogens (tertiary/aromatic N) is 4. The Kier molecular flexibility index (Phi) is 4.31. The minimum absolute atomic E-state index is 0.186. The first-order valence-corrected chi connectivity index (χ1v) is 10.9. The van der Waals surface area contributed by atoms with Crippen LogP contribution in [0.5, 0.6) is 0 Å². The Morgan fingerprint density at radius 3 is 2.70 bits per heavy atom. The van der Waals surface area contributed by atoms with Gasteiger partial charge in [-0.1, -0.05) is 6.42 Å². The van der Waals surface area contributed by atoms with E-state index in [4.69, 9.17) is 9.47 Å². The van der Waals surface area contributed by atoms with Gasteiger partial charge in [0.05, 0.1) is 23.5 Å². The van der Waals surface area contributed by atoms with Gasteiger partial charge >= 0.3 is 5.97 Å². The smallest absolute Gasteiger partial charge is 0.340 e. The molecule has 1 aromatic heterocycles. The van der Waals surface area contributed by atoms with E-state index >= 15 is 0 Å². The molecule has 1 saturated heterocycles. The van der Waals surface area contributed by atoms with Crippen molar-refractivity contribution in [1.29, 1.82) is 0 Å². The molecule has 0 aromatic carbocycles. The number of hydrogen-bond acceptors (Lipinski definition) is 7. The third-order valence-corrected chi connectivity index (χ3v) is 7.11. The third-order valence-electron chi connectivity index (χ3n) is 7.11. The van der Waals surface area contributed by atoms with Gasteiger partial charge < -0.3 is 14.4 Å². The van der Waals surface area contributed by atoms with Gasteiger partial charge in [-0.25, -0.2) is 4.79 Å². The average molecular weight is 410 g/mol.